The molecule has 3 rings (SSSR count). The lowest BCUT2D eigenvalue weighted by atomic mass is 10.1. The van der Waals surface area contributed by atoms with Gasteiger partial charge in [-0.15, -0.1) is 23.2 Å². The number of hydrogen-bond acceptors (Lipinski definition) is 5. The third kappa shape index (κ3) is 3.61. The molecule has 0 saturated heterocycles. The number of carbonyl (C=O) groups excluding carboxylic acids is 2. The van der Waals surface area contributed by atoms with Gasteiger partial charge >= 0.3 is 5.97 Å². The summed E-state index contributed by atoms with van der Waals surface area (Å²) in [6.07, 6.45) is 1.70. The van der Waals surface area contributed by atoms with E-state index < -0.39 is 44.1 Å². The summed E-state index contributed by atoms with van der Waals surface area (Å²) >= 11 is 11.9. The number of amides is 1. The van der Waals surface area contributed by atoms with E-state index in [-0.39, 0.29) is 12.2 Å². The van der Waals surface area contributed by atoms with Crippen molar-refractivity contribution in [3.63, 3.8) is 0 Å². The first kappa shape index (κ1) is 19.2. The van der Waals surface area contributed by atoms with Crippen molar-refractivity contribution in [2.24, 2.45) is 5.41 Å². The van der Waals surface area contributed by atoms with E-state index in [0.717, 1.165) is 5.41 Å². The molecule has 26 heavy (non-hydrogen) atoms. The molecule has 1 aliphatic carbocycles. The highest BCUT2D eigenvalue weighted by atomic mass is 35.5. The Morgan fingerprint density at radius 3 is 2.38 bits per heavy atom. The summed E-state index contributed by atoms with van der Waals surface area (Å²) in [6, 6.07) is 7.95. The number of sulfone groups is 1. The van der Waals surface area contributed by atoms with Gasteiger partial charge < -0.3 is 9.64 Å². The molecular formula is C17H17Cl2NO5S. The summed E-state index contributed by atoms with van der Waals surface area (Å²) in [4.78, 5) is 26.2. The Bertz CT molecular complexity index is 868. The lowest BCUT2D eigenvalue weighted by Crippen LogP contribution is -2.43. The van der Waals surface area contributed by atoms with E-state index in [4.69, 9.17) is 27.9 Å². The molecule has 0 N–H and O–H groups in total. The smallest absolute Gasteiger partial charge is 0.315 e. The van der Waals surface area contributed by atoms with Crippen LogP contribution in [-0.2, 0) is 24.2 Å². The van der Waals surface area contributed by atoms with Crippen molar-refractivity contribution in [2.45, 2.75) is 23.7 Å². The minimum atomic E-state index is -3.36. The minimum Gasteiger partial charge on any atom is -0.455 e. The van der Waals surface area contributed by atoms with Crippen LogP contribution in [0, 0.1) is 5.41 Å². The maximum Gasteiger partial charge on any atom is 0.315 e. The van der Waals surface area contributed by atoms with Crippen LogP contribution in [0.1, 0.15) is 13.3 Å². The third-order valence-corrected chi connectivity index (χ3v) is 7.06. The summed E-state index contributed by atoms with van der Waals surface area (Å²) in [5.41, 5.74) is -0.521. The lowest BCUT2D eigenvalue weighted by Gasteiger charge is -2.27. The van der Waals surface area contributed by atoms with Gasteiger partial charge in [0.25, 0.3) is 5.91 Å². The fraction of sp³-hybridized carbons (Fsp3) is 0.412. The highest BCUT2D eigenvalue weighted by Gasteiger charge is 2.69. The zero-order chi connectivity index (χ0) is 19.2. The molecule has 0 aromatic heterocycles. The lowest BCUT2D eigenvalue weighted by molar-refractivity contribution is -0.153. The summed E-state index contributed by atoms with van der Waals surface area (Å²) in [7, 11) is -3.36. The van der Waals surface area contributed by atoms with Gasteiger partial charge in [0, 0.05) is 17.5 Å². The van der Waals surface area contributed by atoms with Crippen LogP contribution in [-0.4, -0.2) is 43.0 Å². The van der Waals surface area contributed by atoms with Gasteiger partial charge in [0.2, 0.25) is 0 Å². The Morgan fingerprint density at radius 1 is 1.27 bits per heavy atom. The van der Waals surface area contributed by atoms with Crippen LogP contribution >= 0.6 is 23.2 Å². The van der Waals surface area contributed by atoms with E-state index >= 15 is 0 Å². The van der Waals surface area contributed by atoms with Crippen LogP contribution in [0.5, 0.6) is 0 Å². The fourth-order valence-electron chi connectivity index (χ4n) is 2.81. The van der Waals surface area contributed by atoms with Gasteiger partial charge in [-0.1, -0.05) is 18.2 Å². The summed E-state index contributed by atoms with van der Waals surface area (Å²) in [5.74, 6) is -1.40. The van der Waals surface area contributed by atoms with Crippen LogP contribution in [0.25, 0.3) is 0 Å². The average molecular weight is 418 g/mol. The van der Waals surface area contributed by atoms with E-state index in [1.54, 1.807) is 37.3 Å². The van der Waals surface area contributed by atoms with E-state index in [9.17, 15) is 18.0 Å². The molecule has 2 aliphatic rings. The minimum absolute atomic E-state index is 0.217. The number of ether oxygens (including phenoxy) is 1. The van der Waals surface area contributed by atoms with Gasteiger partial charge in [0.15, 0.2) is 16.4 Å². The van der Waals surface area contributed by atoms with E-state index in [1.165, 1.54) is 11.0 Å². The van der Waals surface area contributed by atoms with E-state index in [1.807, 2.05) is 0 Å². The molecular weight excluding hydrogens is 401 g/mol. The number of alkyl halides is 2. The molecule has 1 aliphatic heterocycles. The second-order valence-corrected chi connectivity index (χ2v) is 10.0. The molecule has 0 spiro atoms. The molecule has 1 aromatic rings. The Morgan fingerprint density at radius 2 is 1.88 bits per heavy atom. The topological polar surface area (TPSA) is 80.8 Å². The number of hydrogen-bond donors (Lipinski definition) is 0. The molecule has 1 amide bonds. The van der Waals surface area contributed by atoms with Gasteiger partial charge in [-0.05, 0) is 25.1 Å². The zero-order valence-electron chi connectivity index (χ0n) is 13.9. The molecule has 0 unspecified atom stereocenters. The van der Waals surface area contributed by atoms with Crippen LogP contribution in [0.4, 0.5) is 5.69 Å². The molecule has 140 valence electrons. The van der Waals surface area contributed by atoms with Gasteiger partial charge in [0.1, 0.15) is 9.75 Å². The highest BCUT2D eigenvalue weighted by Crippen LogP contribution is 2.64. The first-order chi connectivity index (χ1) is 12.1. The van der Waals surface area contributed by atoms with Crippen molar-refractivity contribution in [1.29, 1.82) is 0 Å². The van der Waals surface area contributed by atoms with Crippen LogP contribution < -0.4 is 4.90 Å². The molecule has 1 heterocycles. The van der Waals surface area contributed by atoms with Crippen molar-refractivity contribution in [2.75, 3.05) is 17.3 Å². The van der Waals surface area contributed by atoms with Crippen molar-refractivity contribution in [1.82, 2.24) is 0 Å². The fourth-order valence-corrected chi connectivity index (χ4v) is 4.76. The second-order valence-electron chi connectivity index (χ2n) is 6.61. The van der Waals surface area contributed by atoms with Crippen LogP contribution in [0.3, 0.4) is 0 Å². The molecule has 6 nitrogen and oxygen atoms in total. The van der Waals surface area contributed by atoms with Gasteiger partial charge in [-0.3, -0.25) is 9.59 Å². The molecule has 0 bridgehead atoms. The second kappa shape index (κ2) is 6.55. The highest BCUT2D eigenvalue weighted by molar-refractivity contribution is 7.94. The largest absolute Gasteiger partial charge is 0.455 e. The standard InChI is InChI=1S/C17H17Cl2NO5S/c1-16(11-17(16,18)19)15(22)25-9-14(21)20(12-5-3-2-4-6-12)13-7-8-26(23,24)10-13/h2-8,13H,9-11H2,1H3/t13-,16-/m0/s1. The summed E-state index contributed by atoms with van der Waals surface area (Å²) in [6.45, 7) is 1.04. The van der Waals surface area contributed by atoms with Crippen molar-refractivity contribution >= 4 is 50.6 Å². The van der Waals surface area contributed by atoms with E-state index in [2.05, 4.69) is 0 Å². The Labute approximate surface area is 161 Å². The third-order valence-electron chi connectivity index (χ3n) is 4.58. The van der Waals surface area contributed by atoms with Crippen molar-refractivity contribution < 1.29 is 22.7 Å². The summed E-state index contributed by atoms with van der Waals surface area (Å²) in [5, 5.41) is 1.09. The normalized spacial score (nSPS) is 27.7. The maximum atomic E-state index is 12.7. The van der Waals surface area contributed by atoms with E-state index in [0.29, 0.717) is 5.69 Å². The van der Waals surface area contributed by atoms with Gasteiger partial charge in [-0.25, -0.2) is 8.42 Å². The average Bonchev–Trinajstić information content (AvgIpc) is 2.90. The number of nitrogens with zero attached hydrogens (tertiary/aromatic N) is 1. The van der Waals surface area contributed by atoms with Crippen LogP contribution in [0.15, 0.2) is 41.8 Å². The number of benzene rings is 1. The number of anilines is 1. The SMILES string of the molecule is C[C@@]1(C(=O)OCC(=O)N(c2ccccc2)[C@H]2C=CS(=O)(=O)C2)CC1(Cl)Cl. The Hall–Kier alpha value is -1.57. The number of carbonyl (C=O) groups is 2. The Kier molecular flexibility index (Phi) is 4.83. The molecule has 0 radical (unpaired) electrons. The predicted octanol–water partition coefficient (Wildman–Crippen LogP) is 2.46. The molecule has 1 saturated carbocycles. The van der Waals surface area contributed by atoms with Crippen molar-refractivity contribution in [3.05, 3.63) is 41.8 Å². The first-order valence-electron chi connectivity index (χ1n) is 7.89. The van der Waals surface area contributed by atoms with Crippen LogP contribution in [0.2, 0.25) is 0 Å². The Balaban J connectivity index is 1.74. The number of esters is 1. The quantitative estimate of drug-likeness (QED) is 0.542. The molecule has 1 aromatic carbocycles. The number of halogens is 2. The number of para-hydroxylation sites is 1. The molecule has 9 heteroatoms. The molecule has 1 fully saturated rings. The first-order valence-corrected chi connectivity index (χ1v) is 10.4. The monoisotopic (exact) mass is 417 g/mol. The summed E-state index contributed by atoms with van der Waals surface area (Å²) < 4.78 is 27.4. The van der Waals surface area contributed by atoms with Gasteiger partial charge in [-0.2, -0.15) is 0 Å². The predicted molar refractivity (Wildman–Crippen MR) is 98.8 cm³/mol. The molecule has 2 atom stereocenters. The maximum absolute atomic E-state index is 12.7. The van der Waals surface area contributed by atoms with Gasteiger partial charge in [0.05, 0.1) is 11.8 Å². The zero-order valence-corrected chi connectivity index (χ0v) is 16.2. The van der Waals surface area contributed by atoms with Crippen molar-refractivity contribution in [3.8, 4) is 0 Å². The number of rotatable bonds is 5.